The minimum atomic E-state index is 0.222. The van der Waals surface area contributed by atoms with Gasteiger partial charge in [0.25, 0.3) is 0 Å². The predicted octanol–water partition coefficient (Wildman–Crippen LogP) is 4.33. The Morgan fingerprint density at radius 1 is 1.28 bits per heavy atom. The number of alkyl halides is 1. The van der Waals surface area contributed by atoms with Crippen LogP contribution in [0.2, 0.25) is 0 Å². The topological polar surface area (TPSA) is 18.5 Å². The van der Waals surface area contributed by atoms with Crippen LogP contribution < -0.4 is 4.74 Å². The van der Waals surface area contributed by atoms with Crippen molar-refractivity contribution in [1.29, 1.82) is 0 Å². The minimum Gasteiger partial charge on any atom is -0.491 e. The Kier molecular flexibility index (Phi) is 4.68. The molecule has 1 saturated heterocycles. The van der Waals surface area contributed by atoms with Crippen LogP contribution >= 0.6 is 15.9 Å². The maximum Gasteiger partial charge on any atom is 0.119 e. The molecule has 1 heterocycles. The Hall–Kier alpha value is -0.540. The van der Waals surface area contributed by atoms with E-state index in [1.54, 1.807) is 0 Å². The van der Waals surface area contributed by atoms with E-state index in [4.69, 9.17) is 9.47 Å². The first-order valence-corrected chi connectivity index (χ1v) is 7.50. The van der Waals surface area contributed by atoms with Gasteiger partial charge in [-0.3, -0.25) is 0 Å². The smallest absolute Gasteiger partial charge is 0.119 e. The summed E-state index contributed by atoms with van der Waals surface area (Å²) in [5, 5.41) is 0. The van der Waals surface area contributed by atoms with E-state index in [0.29, 0.717) is 16.8 Å². The highest BCUT2D eigenvalue weighted by Gasteiger charge is 2.28. The lowest BCUT2D eigenvalue weighted by Crippen LogP contribution is -2.08. The summed E-state index contributed by atoms with van der Waals surface area (Å²) in [6, 6.07) is 8.37. The summed E-state index contributed by atoms with van der Waals surface area (Å²) >= 11 is 3.79. The monoisotopic (exact) mass is 312 g/mol. The van der Waals surface area contributed by atoms with E-state index in [2.05, 4.69) is 35.0 Å². The van der Waals surface area contributed by atoms with Crippen molar-refractivity contribution in [2.24, 2.45) is 5.92 Å². The molecule has 0 radical (unpaired) electrons. The Morgan fingerprint density at radius 3 is 2.44 bits per heavy atom. The van der Waals surface area contributed by atoms with Crippen LogP contribution in [0.25, 0.3) is 0 Å². The first-order chi connectivity index (χ1) is 8.56. The van der Waals surface area contributed by atoms with Crippen molar-refractivity contribution in [3.8, 4) is 5.75 Å². The molecular weight excluding hydrogens is 292 g/mol. The van der Waals surface area contributed by atoms with Gasteiger partial charge in [-0.15, -0.1) is 0 Å². The summed E-state index contributed by atoms with van der Waals surface area (Å²) in [5.41, 5.74) is 1.30. The van der Waals surface area contributed by atoms with E-state index in [1.807, 2.05) is 26.0 Å². The summed E-state index contributed by atoms with van der Waals surface area (Å²) in [6.45, 7) is 7.07. The molecule has 2 rings (SSSR count). The van der Waals surface area contributed by atoms with Gasteiger partial charge in [-0.05, 0) is 44.9 Å². The summed E-state index contributed by atoms with van der Waals surface area (Å²) in [5.74, 6) is 1.50. The molecular formula is C15H21BrO2. The van der Waals surface area contributed by atoms with E-state index in [-0.39, 0.29) is 6.10 Å². The predicted molar refractivity (Wildman–Crippen MR) is 77.4 cm³/mol. The molecule has 3 unspecified atom stereocenters. The highest BCUT2D eigenvalue weighted by atomic mass is 79.9. The molecule has 0 bridgehead atoms. The van der Waals surface area contributed by atoms with E-state index < -0.39 is 0 Å². The first-order valence-electron chi connectivity index (χ1n) is 6.58. The van der Waals surface area contributed by atoms with Crippen molar-refractivity contribution in [3.63, 3.8) is 0 Å². The summed E-state index contributed by atoms with van der Waals surface area (Å²) in [6.07, 6.45) is 1.73. The number of hydrogen-bond acceptors (Lipinski definition) is 2. The third kappa shape index (κ3) is 3.48. The zero-order valence-electron chi connectivity index (χ0n) is 11.2. The Bertz CT molecular complexity index is 375. The van der Waals surface area contributed by atoms with E-state index in [9.17, 15) is 0 Å². The molecule has 1 aromatic carbocycles. The van der Waals surface area contributed by atoms with Crippen LogP contribution in [0, 0.1) is 5.92 Å². The highest BCUT2D eigenvalue weighted by molar-refractivity contribution is 9.09. The number of ether oxygens (including phenoxy) is 2. The van der Waals surface area contributed by atoms with Crippen LogP contribution in [-0.4, -0.2) is 18.8 Å². The van der Waals surface area contributed by atoms with Gasteiger partial charge in [0.15, 0.2) is 0 Å². The molecule has 2 nitrogen and oxygen atoms in total. The molecule has 1 aliphatic heterocycles. The van der Waals surface area contributed by atoms with Crippen molar-refractivity contribution in [1.82, 2.24) is 0 Å². The fourth-order valence-electron chi connectivity index (χ4n) is 2.33. The van der Waals surface area contributed by atoms with Crippen LogP contribution in [0.4, 0.5) is 0 Å². The SMILES string of the molecule is CC(C)Oc1ccc(C(Br)C2COC(C)C2)cc1. The maximum atomic E-state index is 5.65. The molecule has 1 aliphatic rings. The molecule has 1 fully saturated rings. The van der Waals surface area contributed by atoms with Crippen molar-refractivity contribution in [2.45, 2.75) is 44.2 Å². The van der Waals surface area contributed by atoms with Gasteiger partial charge in [0.1, 0.15) is 5.75 Å². The average molecular weight is 313 g/mol. The van der Waals surface area contributed by atoms with E-state index >= 15 is 0 Å². The zero-order chi connectivity index (χ0) is 13.1. The standard InChI is InChI=1S/C15H21BrO2/c1-10(2)18-14-6-4-12(5-7-14)15(16)13-8-11(3)17-9-13/h4-7,10-11,13,15H,8-9H2,1-3H3. The molecule has 0 aliphatic carbocycles. The lowest BCUT2D eigenvalue weighted by molar-refractivity contribution is 0.120. The van der Waals surface area contributed by atoms with Gasteiger partial charge < -0.3 is 9.47 Å². The average Bonchev–Trinajstić information content (AvgIpc) is 2.75. The number of hydrogen-bond donors (Lipinski definition) is 0. The van der Waals surface area contributed by atoms with Crippen LogP contribution in [0.15, 0.2) is 24.3 Å². The number of benzene rings is 1. The van der Waals surface area contributed by atoms with Crippen molar-refractivity contribution >= 4 is 15.9 Å². The largest absolute Gasteiger partial charge is 0.491 e. The molecule has 0 saturated carbocycles. The van der Waals surface area contributed by atoms with Crippen LogP contribution in [0.1, 0.15) is 37.6 Å². The summed E-state index contributed by atoms with van der Waals surface area (Å²) in [4.78, 5) is 0.371. The molecule has 18 heavy (non-hydrogen) atoms. The second-order valence-electron chi connectivity index (χ2n) is 5.28. The lowest BCUT2D eigenvalue weighted by atomic mass is 9.97. The lowest BCUT2D eigenvalue weighted by Gasteiger charge is -2.17. The molecule has 3 heteroatoms. The molecule has 0 spiro atoms. The molecule has 0 N–H and O–H groups in total. The first kappa shape index (κ1) is 13.9. The Labute approximate surface area is 118 Å². The normalized spacial score (nSPS) is 25.4. The van der Waals surface area contributed by atoms with Crippen LogP contribution in [-0.2, 0) is 4.74 Å². The van der Waals surface area contributed by atoms with Gasteiger partial charge >= 0.3 is 0 Å². The van der Waals surface area contributed by atoms with Gasteiger partial charge in [0, 0.05) is 10.7 Å². The molecule has 100 valence electrons. The fraction of sp³-hybridized carbons (Fsp3) is 0.600. The van der Waals surface area contributed by atoms with Gasteiger partial charge in [0.2, 0.25) is 0 Å². The minimum absolute atomic E-state index is 0.222. The Balaban J connectivity index is 2.00. The van der Waals surface area contributed by atoms with Crippen molar-refractivity contribution < 1.29 is 9.47 Å². The molecule has 1 aromatic rings. The molecule has 3 atom stereocenters. The fourth-order valence-corrected chi connectivity index (χ4v) is 3.00. The van der Waals surface area contributed by atoms with Crippen LogP contribution in [0.5, 0.6) is 5.75 Å². The van der Waals surface area contributed by atoms with Crippen molar-refractivity contribution in [3.05, 3.63) is 29.8 Å². The second kappa shape index (κ2) is 6.07. The highest BCUT2D eigenvalue weighted by Crippen LogP contribution is 2.38. The molecule has 0 amide bonds. The third-order valence-electron chi connectivity index (χ3n) is 3.21. The van der Waals surface area contributed by atoms with Gasteiger partial charge in [-0.2, -0.15) is 0 Å². The second-order valence-corrected chi connectivity index (χ2v) is 6.26. The van der Waals surface area contributed by atoms with Gasteiger partial charge in [0.05, 0.1) is 18.8 Å². The quantitative estimate of drug-likeness (QED) is 0.770. The third-order valence-corrected chi connectivity index (χ3v) is 4.49. The number of halogens is 1. The van der Waals surface area contributed by atoms with Crippen LogP contribution in [0.3, 0.4) is 0 Å². The van der Waals surface area contributed by atoms with Gasteiger partial charge in [-0.1, -0.05) is 28.1 Å². The Morgan fingerprint density at radius 2 is 1.94 bits per heavy atom. The summed E-state index contributed by atoms with van der Waals surface area (Å²) in [7, 11) is 0. The van der Waals surface area contributed by atoms with Gasteiger partial charge in [-0.25, -0.2) is 0 Å². The maximum absolute atomic E-state index is 5.65. The number of rotatable bonds is 4. The molecule has 0 aromatic heterocycles. The zero-order valence-corrected chi connectivity index (χ0v) is 12.8. The van der Waals surface area contributed by atoms with E-state index in [1.165, 1.54) is 5.56 Å². The van der Waals surface area contributed by atoms with Crippen molar-refractivity contribution in [2.75, 3.05) is 6.61 Å². The summed E-state index contributed by atoms with van der Waals surface area (Å²) < 4.78 is 11.3. The van der Waals surface area contributed by atoms with E-state index in [0.717, 1.165) is 18.8 Å².